The van der Waals surface area contributed by atoms with Gasteiger partial charge in [0.05, 0.1) is 0 Å². The smallest absolute Gasteiger partial charge is 0.0391 e. The van der Waals surface area contributed by atoms with Gasteiger partial charge >= 0.3 is 0 Å². The summed E-state index contributed by atoms with van der Waals surface area (Å²) in [7, 11) is 0. The Labute approximate surface area is 85.5 Å². The average Bonchev–Trinajstić information content (AvgIpc) is 2.17. The number of hydrogen-bond acceptors (Lipinski definition) is 2. The topological polar surface area (TPSA) is 38.0 Å². The van der Waals surface area contributed by atoms with Crippen molar-refractivity contribution in [2.24, 2.45) is 5.73 Å². The van der Waals surface area contributed by atoms with Gasteiger partial charge in [-0.1, -0.05) is 26.0 Å². The summed E-state index contributed by atoms with van der Waals surface area (Å²) in [6, 6.07) is 6.64. The van der Waals surface area contributed by atoms with Crippen molar-refractivity contribution >= 4 is 5.69 Å². The number of nitrogens with two attached hydrogens (primary N) is 1. The Morgan fingerprint density at radius 1 is 1.43 bits per heavy atom. The Bertz CT molecular complexity index is 331. The average molecular weight is 190 g/mol. The molecule has 14 heavy (non-hydrogen) atoms. The second-order valence-electron chi connectivity index (χ2n) is 4.29. The third-order valence-electron chi connectivity index (χ3n) is 2.90. The lowest BCUT2D eigenvalue weighted by atomic mass is 9.88. The first-order valence-corrected chi connectivity index (χ1v) is 5.32. The number of fused-ring (bicyclic) bond motifs is 1. The summed E-state index contributed by atoms with van der Waals surface area (Å²) in [5.74, 6) is 0.552. The normalized spacial score (nSPS) is 20.4. The van der Waals surface area contributed by atoms with E-state index >= 15 is 0 Å². The molecule has 0 spiro atoms. The van der Waals surface area contributed by atoms with Crippen LogP contribution in [0.25, 0.3) is 0 Å². The molecule has 0 saturated heterocycles. The van der Waals surface area contributed by atoms with Crippen molar-refractivity contribution in [3.63, 3.8) is 0 Å². The van der Waals surface area contributed by atoms with Gasteiger partial charge in [-0.25, -0.2) is 0 Å². The van der Waals surface area contributed by atoms with Crippen LogP contribution in [-0.4, -0.2) is 6.54 Å². The van der Waals surface area contributed by atoms with Gasteiger partial charge in [-0.2, -0.15) is 0 Å². The molecule has 0 radical (unpaired) electrons. The minimum absolute atomic E-state index is 0.213. The molecule has 1 aliphatic rings. The van der Waals surface area contributed by atoms with E-state index in [2.05, 4.69) is 37.4 Å². The quantitative estimate of drug-likeness (QED) is 0.714. The summed E-state index contributed by atoms with van der Waals surface area (Å²) in [5.41, 5.74) is 10.1. The van der Waals surface area contributed by atoms with Gasteiger partial charge in [-0.15, -0.1) is 0 Å². The van der Waals surface area contributed by atoms with E-state index in [1.807, 2.05) is 0 Å². The molecule has 2 rings (SSSR count). The highest BCUT2D eigenvalue weighted by Gasteiger charge is 2.20. The van der Waals surface area contributed by atoms with Crippen LogP contribution in [0.4, 0.5) is 5.69 Å². The van der Waals surface area contributed by atoms with E-state index in [0.717, 1.165) is 13.0 Å². The van der Waals surface area contributed by atoms with E-state index in [0.29, 0.717) is 5.92 Å². The van der Waals surface area contributed by atoms with Crippen LogP contribution in [0.1, 0.15) is 43.4 Å². The zero-order valence-electron chi connectivity index (χ0n) is 8.88. The van der Waals surface area contributed by atoms with Gasteiger partial charge in [-0.3, -0.25) is 0 Å². The Morgan fingerprint density at radius 3 is 2.93 bits per heavy atom. The van der Waals surface area contributed by atoms with E-state index < -0.39 is 0 Å². The van der Waals surface area contributed by atoms with Crippen molar-refractivity contribution in [3.8, 4) is 0 Å². The van der Waals surface area contributed by atoms with Gasteiger partial charge in [0.1, 0.15) is 0 Å². The van der Waals surface area contributed by atoms with Crippen molar-refractivity contribution in [2.75, 3.05) is 11.9 Å². The predicted octanol–water partition coefficient (Wildman–Crippen LogP) is 2.63. The number of hydrogen-bond donors (Lipinski definition) is 2. The molecule has 1 aromatic rings. The Morgan fingerprint density at radius 2 is 2.21 bits per heavy atom. The van der Waals surface area contributed by atoms with Crippen molar-refractivity contribution in [2.45, 2.75) is 32.2 Å². The number of nitrogens with one attached hydrogen (secondary N) is 1. The maximum absolute atomic E-state index is 6.14. The largest absolute Gasteiger partial charge is 0.385 e. The molecule has 1 heterocycles. The first-order valence-electron chi connectivity index (χ1n) is 5.32. The van der Waals surface area contributed by atoms with Crippen LogP contribution in [0, 0.1) is 0 Å². The molecule has 0 aromatic heterocycles. The molecule has 0 bridgehead atoms. The molecular formula is C12H18N2. The lowest BCUT2D eigenvalue weighted by Crippen LogP contribution is -2.24. The highest BCUT2D eigenvalue weighted by molar-refractivity contribution is 5.58. The lowest BCUT2D eigenvalue weighted by Gasteiger charge is -2.27. The molecule has 2 heteroatoms. The Balaban J connectivity index is 2.52. The Hall–Kier alpha value is -1.02. The van der Waals surface area contributed by atoms with Gasteiger partial charge in [-0.05, 0) is 29.5 Å². The van der Waals surface area contributed by atoms with E-state index in [4.69, 9.17) is 5.73 Å². The first-order chi connectivity index (χ1) is 6.70. The lowest BCUT2D eigenvalue weighted by molar-refractivity contribution is 0.639. The highest BCUT2D eigenvalue weighted by atomic mass is 14.9. The zero-order valence-corrected chi connectivity index (χ0v) is 8.88. The fraction of sp³-hybridized carbons (Fsp3) is 0.500. The van der Waals surface area contributed by atoms with Gasteiger partial charge in [0.2, 0.25) is 0 Å². The second kappa shape index (κ2) is 3.62. The van der Waals surface area contributed by atoms with Crippen LogP contribution in [0.15, 0.2) is 18.2 Å². The summed E-state index contributed by atoms with van der Waals surface area (Å²) in [5, 5.41) is 3.41. The van der Waals surface area contributed by atoms with Crippen LogP contribution >= 0.6 is 0 Å². The number of anilines is 1. The van der Waals surface area contributed by atoms with E-state index in [9.17, 15) is 0 Å². The number of benzene rings is 1. The van der Waals surface area contributed by atoms with Gasteiger partial charge in [0, 0.05) is 18.3 Å². The SMILES string of the molecule is CC(C)c1cccc2c1[C@H](N)CCN2. The van der Waals surface area contributed by atoms with Crippen molar-refractivity contribution in [1.82, 2.24) is 0 Å². The third-order valence-corrected chi connectivity index (χ3v) is 2.90. The molecule has 0 amide bonds. The standard InChI is InChI=1S/C12H18N2/c1-8(2)9-4-3-5-11-12(9)10(13)6-7-14-11/h3-5,8,10,14H,6-7,13H2,1-2H3/t10-/m1/s1. The minimum Gasteiger partial charge on any atom is -0.385 e. The maximum atomic E-state index is 6.14. The summed E-state index contributed by atoms with van der Waals surface area (Å²) in [4.78, 5) is 0. The molecule has 0 saturated carbocycles. The molecule has 1 aromatic carbocycles. The van der Waals surface area contributed by atoms with Crippen molar-refractivity contribution in [1.29, 1.82) is 0 Å². The monoisotopic (exact) mass is 190 g/mol. The molecule has 1 aliphatic heterocycles. The maximum Gasteiger partial charge on any atom is 0.0391 e. The van der Waals surface area contributed by atoms with E-state index in [1.54, 1.807) is 0 Å². The van der Waals surface area contributed by atoms with Crippen molar-refractivity contribution in [3.05, 3.63) is 29.3 Å². The summed E-state index contributed by atoms with van der Waals surface area (Å²) < 4.78 is 0. The fourth-order valence-electron chi connectivity index (χ4n) is 2.16. The fourth-order valence-corrected chi connectivity index (χ4v) is 2.16. The van der Waals surface area contributed by atoms with Crippen LogP contribution in [0.5, 0.6) is 0 Å². The second-order valence-corrected chi connectivity index (χ2v) is 4.29. The first kappa shape index (κ1) is 9.53. The third kappa shape index (κ3) is 1.50. The van der Waals surface area contributed by atoms with E-state index in [1.165, 1.54) is 16.8 Å². The van der Waals surface area contributed by atoms with Crippen LogP contribution in [0.3, 0.4) is 0 Å². The predicted molar refractivity (Wildman–Crippen MR) is 60.6 cm³/mol. The van der Waals surface area contributed by atoms with Gasteiger partial charge < -0.3 is 11.1 Å². The molecule has 0 aliphatic carbocycles. The molecule has 76 valence electrons. The van der Waals surface area contributed by atoms with Crippen LogP contribution in [-0.2, 0) is 0 Å². The molecular weight excluding hydrogens is 172 g/mol. The highest BCUT2D eigenvalue weighted by Crippen LogP contribution is 2.34. The molecule has 0 fully saturated rings. The summed E-state index contributed by atoms with van der Waals surface area (Å²) in [6.07, 6.45) is 1.04. The molecule has 3 N–H and O–H groups in total. The summed E-state index contributed by atoms with van der Waals surface area (Å²) in [6.45, 7) is 5.43. The number of rotatable bonds is 1. The minimum atomic E-state index is 0.213. The van der Waals surface area contributed by atoms with E-state index in [-0.39, 0.29) is 6.04 Å². The molecule has 1 atom stereocenters. The molecule has 0 unspecified atom stereocenters. The summed E-state index contributed by atoms with van der Waals surface area (Å²) >= 11 is 0. The molecule has 2 nitrogen and oxygen atoms in total. The van der Waals surface area contributed by atoms with Gasteiger partial charge in [0.25, 0.3) is 0 Å². The van der Waals surface area contributed by atoms with Crippen molar-refractivity contribution < 1.29 is 0 Å². The zero-order chi connectivity index (χ0) is 10.1. The van der Waals surface area contributed by atoms with Crippen LogP contribution in [0.2, 0.25) is 0 Å². The van der Waals surface area contributed by atoms with Crippen LogP contribution < -0.4 is 11.1 Å². The van der Waals surface area contributed by atoms with Gasteiger partial charge in [0.15, 0.2) is 0 Å². The Kier molecular flexibility index (Phi) is 2.46.